The summed E-state index contributed by atoms with van der Waals surface area (Å²) in [6.45, 7) is 10.2. The van der Waals surface area contributed by atoms with Gasteiger partial charge in [-0.25, -0.2) is 4.98 Å². The summed E-state index contributed by atoms with van der Waals surface area (Å²) in [5, 5.41) is 0. The average molecular weight is 309 g/mol. The summed E-state index contributed by atoms with van der Waals surface area (Å²) in [5.41, 5.74) is 2.39. The molecule has 2 aromatic rings. The topological polar surface area (TPSA) is 40.6 Å². The quantitative estimate of drug-likeness (QED) is 0.814. The molecule has 1 fully saturated rings. The highest BCUT2D eigenvalue weighted by atomic mass is 16.7. The summed E-state index contributed by atoms with van der Waals surface area (Å²) in [6.07, 6.45) is 1.73. The van der Waals surface area contributed by atoms with Gasteiger partial charge in [-0.3, -0.25) is 0 Å². The first-order valence-corrected chi connectivity index (χ1v) is 7.63. The average Bonchev–Trinajstić information content (AvgIpc) is 2.79. The Labute approximate surface area is 137 Å². The number of hydrogen-bond donors (Lipinski definition) is 0. The van der Waals surface area contributed by atoms with Gasteiger partial charge in [0.15, 0.2) is 0 Å². The number of rotatable bonds is 4. The van der Waals surface area contributed by atoms with E-state index in [4.69, 9.17) is 14.0 Å². The smallest absolute Gasteiger partial charge is 0.534 e. The first-order valence-electron chi connectivity index (χ1n) is 7.63. The fourth-order valence-corrected chi connectivity index (χ4v) is 2.42. The maximum atomic E-state index is 5.98. The van der Waals surface area contributed by atoms with Crippen LogP contribution in [0.1, 0.15) is 25.0 Å². The molecule has 23 heavy (non-hydrogen) atoms. The molecule has 1 aromatic carbocycles. The Morgan fingerprint density at radius 3 is 2.61 bits per heavy atom. The Kier molecular flexibility index (Phi) is 4.13. The van der Waals surface area contributed by atoms with E-state index in [1.807, 2.05) is 57.2 Å². The van der Waals surface area contributed by atoms with Gasteiger partial charge < -0.3 is 14.0 Å². The van der Waals surface area contributed by atoms with Crippen LogP contribution < -0.4 is 10.2 Å². The molecule has 1 aliphatic heterocycles. The molecular formula is C18H20BNO3. The Morgan fingerprint density at radius 2 is 1.96 bits per heavy atom. The molecule has 0 N–H and O–H groups in total. The van der Waals surface area contributed by atoms with Gasteiger partial charge in [0, 0.05) is 6.20 Å². The van der Waals surface area contributed by atoms with Crippen molar-refractivity contribution in [2.75, 3.05) is 0 Å². The van der Waals surface area contributed by atoms with Gasteiger partial charge in [0.05, 0.1) is 11.2 Å². The molecule has 1 aliphatic rings. The maximum absolute atomic E-state index is 5.98. The van der Waals surface area contributed by atoms with Crippen molar-refractivity contribution < 1.29 is 14.0 Å². The van der Waals surface area contributed by atoms with Crippen LogP contribution in [-0.4, -0.2) is 17.7 Å². The minimum atomic E-state index is -0.544. The number of aryl methyl sites for hydroxylation is 1. The van der Waals surface area contributed by atoms with E-state index < -0.39 is 12.7 Å². The van der Waals surface area contributed by atoms with Crippen LogP contribution in [0.15, 0.2) is 54.9 Å². The summed E-state index contributed by atoms with van der Waals surface area (Å²) in [6, 6.07) is 11.9. The van der Waals surface area contributed by atoms with E-state index >= 15 is 0 Å². The molecule has 0 spiro atoms. The monoisotopic (exact) mass is 309 g/mol. The second-order valence-corrected chi connectivity index (χ2v) is 6.12. The fraction of sp³-hybridized carbons (Fsp3) is 0.278. The van der Waals surface area contributed by atoms with Gasteiger partial charge >= 0.3 is 7.12 Å². The van der Waals surface area contributed by atoms with Gasteiger partial charge in [0.1, 0.15) is 12.2 Å². The Morgan fingerprint density at radius 1 is 1.22 bits per heavy atom. The standard InChI is InChI=1S/C18H20BNO3/c1-13-10-11-20-17(21-12-15-8-6-5-7-9-15)16(13)19-22-14(2)18(3,4)23-19/h5-11H,2,12H2,1,3-4H3. The third-order valence-electron chi connectivity index (χ3n) is 3.95. The summed E-state index contributed by atoms with van der Waals surface area (Å²) in [4.78, 5) is 4.36. The van der Waals surface area contributed by atoms with Crippen LogP contribution >= 0.6 is 0 Å². The van der Waals surface area contributed by atoms with Crippen LogP contribution in [0.3, 0.4) is 0 Å². The van der Waals surface area contributed by atoms with Gasteiger partial charge in [0.25, 0.3) is 0 Å². The fourth-order valence-electron chi connectivity index (χ4n) is 2.42. The lowest BCUT2D eigenvalue weighted by molar-refractivity contribution is 0.172. The van der Waals surface area contributed by atoms with Crippen LogP contribution in [-0.2, 0) is 15.9 Å². The van der Waals surface area contributed by atoms with Gasteiger partial charge in [0.2, 0.25) is 5.88 Å². The largest absolute Gasteiger partial charge is 0.569 e. The minimum Gasteiger partial charge on any atom is -0.534 e. The van der Waals surface area contributed by atoms with E-state index in [0.29, 0.717) is 18.2 Å². The normalized spacial score (nSPS) is 16.3. The highest BCUT2D eigenvalue weighted by Crippen LogP contribution is 2.30. The molecule has 0 atom stereocenters. The summed E-state index contributed by atoms with van der Waals surface area (Å²) in [7, 11) is -0.544. The van der Waals surface area contributed by atoms with Crippen LogP contribution in [0.4, 0.5) is 0 Å². The first-order chi connectivity index (χ1) is 11.0. The molecule has 0 saturated carbocycles. The number of benzene rings is 1. The second kappa shape index (κ2) is 6.09. The molecule has 118 valence electrons. The highest BCUT2D eigenvalue weighted by molar-refractivity contribution is 6.63. The Balaban J connectivity index is 1.85. The van der Waals surface area contributed by atoms with E-state index in [1.54, 1.807) is 6.20 Å². The zero-order valence-electron chi connectivity index (χ0n) is 13.7. The van der Waals surface area contributed by atoms with Crippen molar-refractivity contribution in [2.45, 2.75) is 33.0 Å². The molecule has 1 aromatic heterocycles. The van der Waals surface area contributed by atoms with E-state index in [9.17, 15) is 0 Å². The van der Waals surface area contributed by atoms with Crippen LogP contribution in [0, 0.1) is 6.92 Å². The van der Waals surface area contributed by atoms with Crippen molar-refractivity contribution >= 4 is 12.6 Å². The van der Waals surface area contributed by atoms with Crippen molar-refractivity contribution in [3.05, 3.63) is 66.1 Å². The Bertz CT molecular complexity index is 715. The molecule has 1 saturated heterocycles. The van der Waals surface area contributed by atoms with Crippen molar-refractivity contribution in [1.82, 2.24) is 4.98 Å². The summed E-state index contributed by atoms with van der Waals surface area (Å²) >= 11 is 0. The van der Waals surface area contributed by atoms with Crippen LogP contribution in [0.5, 0.6) is 5.88 Å². The van der Waals surface area contributed by atoms with Gasteiger partial charge in [-0.15, -0.1) is 0 Å². The first kappa shape index (κ1) is 15.6. The molecular weight excluding hydrogens is 289 g/mol. The van der Waals surface area contributed by atoms with Gasteiger partial charge in [-0.2, -0.15) is 0 Å². The number of hydrogen-bond acceptors (Lipinski definition) is 4. The van der Waals surface area contributed by atoms with Crippen molar-refractivity contribution in [1.29, 1.82) is 0 Å². The highest BCUT2D eigenvalue weighted by Gasteiger charge is 2.45. The third kappa shape index (κ3) is 3.25. The van der Waals surface area contributed by atoms with Crippen molar-refractivity contribution in [3.63, 3.8) is 0 Å². The number of ether oxygens (including phenoxy) is 1. The predicted molar refractivity (Wildman–Crippen MR) is 90.5 cm³/mol. The van der Waals surface area contributed by atoms with E-state index in [-0.39, 0.29) is 0 Å². The molecule has 5 heteroatoms. The number of aromatic nitrogens is 1. The zero-order valence-corrected chi connectivity index (χ0v) is 13.7. The van der Waals surface area contributed by atoms with Crippen LogP contribution in [0.25, 0.3) is 0 Å². The van der Waals surface area contributed by atoms with E-state index in [2.05, 4.69) is 11.6 Å². The summed E-state index contributed by atoms with van der Waals surface area (Å²) in [5.74, 6) is 1.14. The van der Waals surface area contributed by atoms with Crippen molar-refractivity contribution in [3.8, 4) is 5.88 Å². The second-order valence-electron chi connectivity index (χ2n) is 6.12. The molecule has 4 nitrogen and oxygen atoms in total. The lowest BCUT2D eigenvalue weighted by atomic mass is 9.77. The zero-order chi connectivity index (χ0) is 16.4. The molecule has 3 rings (SSSR count). The summed E-state index contributed by atoms with van der Waals surface area (Å²) < 4.78 is 17.7. The number of pyridine rings is 1. The maximum Gasteiger partial charge on any atom is 0.569 e. The lowest BCUT2D eigenvalue weighted by Crippen LogP contribution is -2.37. The van der Waals surface area contributed by atoms with Crippen LogP contribution in [0.2, 0.25) is 0 Å². The molecule has 0 aliphatic carbocycles. The predicted octanol–water partition coefficient (Wildman–Crippen LogP) is 3.00. The molecule has 0 radical (unpaired) electrons. The SMILES string of the molecule is C=C1OB(c2c(C)ccnc2OCc2ccccc2)OC1(C)C. The van der Waals surface area contributed by atoms with Gasteiger partial charge in [-0.1, -0.05) is 36.9 Å². The minimum absolute atomic E-state index is 0.446. The number of nitrogens with zero attached hydrogens (tertiary/aromatic N) is 1. The van der Waals surface area contributed by atoms with Crippen molar-refractivity contribution in [2.24, 2.45) is 0 Å². The molecule has 0 unspecified atom stereocenters. The third-order valence-corrected chi connectivity index (χ3v) is 3.95. The lowest BCUT2D eigenvalue weighted by Gasteiger charge is -2.16. The molecule has 0 amide bonds. The Hall–Kier alpha value is -2.27. The molecule has 0 bridgehead atoms. The van der Waals surface area contributed by atoms with E-state index in [0.717, 1.165) is 16.6 Å². The van der Waals surface area contributed by atoms with E-state index in [1.165, 1.54) is 0 Å². The van der Waals surface area contributed by atoms with Gasteiger partial charge in [-0.05, 0) is 38.0 Å². The molecule has 2 heterocycles.